The van der Waals surface area contributed by atoms with E-state index >= 15 is 0 Å². The summed E-state index contributed by atoms with van der Waals surface area (Å²) in [6.07, 6.45) is 3.10. The molecule has 3 N–H and O–H groups in total. The Morgan fingerprint density at radius 3 is 2.64 bits per heavy atom. The minimum absolute atomic E-state index is 0. The molecule has 0 aromatic heterocycles. The van der Waals surface area contributed by atoms with Crippen LogP contribution in [-0.4, -0.2) is 71.7 Å². The number of nitrogens with two attached hydrogens (primary N) is 1. The van der Waals surface area contributed by atoms with Crippen molar-refractivity contribution >= 4 is 11.4 Å². The van der Waals surface area contributed by atoms with Gasteiger partial charge in [0.05, 0.1) is 24.9 Å². The van der Waals surface area contributed by atoms with Crippen molar-refractivity contribution in [2.75, 3.05) is 69.4 Å². The minimum Gasteiger partial charge on any atom is -0.490 e. The van der Waals surface area contributed by atoms with Gasteiger partial charge in [0, 0.05) is 65.5 Å². The number of nitrogens with zero attached hydrogens (tertiary/aromatic N) is 2. The van der Waals surface area contributed by atoms with E-state index in [1.165, 1.54) is 17.2 Å². The smallest absolute Gasteiger partial charge is 0.142 e. The zero-order valence-electron chi connectivity index (χ0n) is 27.2. The van der Waals surface area contributed by atoms with Crippen molar-refractivity contribution in [3.8, 4) is 5.75 Å². The summed E-state index contributed by atoms with van der Waals surface area (Å²) < 4.78 is 31.5. The van der Waals surface area contributed by atoms with Crippen LogP contribution in [0, 0.1) is 11.7 Å². The van der Waals surface area contributed by atoms with E-state index in [4.69, 9.17) is 19.9 Å². The lowest BCUT2D eigenvalue weighted by Gasteiger charge is -2.37. The van der Waals surface area contributed by atoms with E-state index < -0.39 is 0 Å². The quantitative estimate of drug-likeness (QED) is 0.255. The summed E-state index contributed by atoms with van der Waals surface area (Å²) in [5.74, 6) is 1.44. The van der Waals surface area contributed by atoms with Gasteiger partial charge < -0.3 is 35.1 Å². The Hall–Kier alpha value is -3.17. The Balaban J connectivity index is 0.00000157. The summed E-state index contributed by atoms with van der Waals surface area (Å²) in [6, 6.07) is 22.3. The molecule has 3 aliphatic heterocycles. The van der Waals surface area contributed by atoms with Gasteiger partial charge in [0.15, 0.2) is 0 Å². The molecule has 0 amide bonds. The van der Waals surface area contributed by atoms with E-state index in [2.05, 4.69) is 57.6 Å². The second-order valence-corrected chi connectivity index (χ2v) is 12.2. The summed E-state index contributed by atoms with van der Waals surface area (Å²) >= 11 is 0. The third kappa shape index (κ3) is 8.55. The monoisotopic (exact) mass is 620 g/mol. The number of ether oxygens (including phenoxy) is 3. The zero-order valence-corrected chi connectivity index (χ0v) is 27.2. The van der Waals surface area contributed by atoms with Gasteiger partial charge in [0.1, 0.15) is 18.2 Å². The van der Waals surface area contributed by atoms with Crippen LogP contribution in [0.4, 0.5) is 15.8 Å². The zero-order chi connectivity index (χ0) is 31.6. The molecule has 0 saturated carbocycles. The van der Waals surface area contributed by atoms with Crippen molar-refractivity contribution in [2.24, 2.45) is 11.7 Å². The molecule has 8 heteroatoms. The highest BCUT2D eigenvalue weighted by Crippen LogP contribution is 2.34. The molecule has 0 aliphatic carbocycles. The van der Waals surface area contributed by atoms with Crippen LogP contribution in [0.2, 0.25) is 0 Å². The van der Waals surface area contributed by atoms with Crippen LogP contribution < -0.4 is 25.6 Å². The normalized spacial score (nSPS) is 22.8. The van der Waals surface area contributed by atoms with Crippen LogP contribution in [-0.2, 0) is 22.5 Å². The van der Waals surface area contributed by atoms with Crippen LogP contribution >= 0.6 is 0 Å². The molecule has 3 aliphatic rings. The van der Waals surface area contributed by atoms with Crippen molar-refractivity contribution in [1.82, 2.24) is 5.32 Å². The van der Waals surface area contributed by atoms with Crippen LogP contribution in [0.5, 0.6) is 5.75 Å². The first-order valence-electron chi connectivity index (χ1n) is 16.7. The van der Waals surface area contributed by atoms with E-state index in [0.717, 1.165) is 87.8 Å². The van der Waals surface area contributed by atoms with E-state index in [9.17, 15) is 4.39 Å². The van der Waals surface area contributed by atoms with Gasteiger partial charge in [-0.05, 0) is 72.2 Å². The lowest BCUT2D eigenvalue weighted by Crippen LogP contribution is -2.53. The average molecular weight is 621 g/mol. The van der Waals surface area contributed by atoms with Crippen molar-refractivity contribution in [3.63, 3.8) is 0 Å². The highest BCUT2D eigenvalue weighted by Gasteiger charge is 2.33. The number of nitrogens with one attached hydrogen (secondary N) is 1. The SMILES string of the molecule is CC.COCCCN1CCOc2ccc(CO[C@H]3CNC[C@@H](N)C3c3ccc(CC4CCN(c5cccc(F)c5)C4)cc3)cc21.[HH]. The highest BCUT2D eigenvalue weighted by molar-refractivity contribution is 5.61. The molecule has 2 unspecified atom stereocenters. The number of anilines is 2. The summed E-state index contributed by atoms with van der Waals surface area (Å²) in [5, 5.41) is 3.47. The van der Waals surface area contributed by atoms with E-state index in [1.807, 2.05) is 19.9 Å². The molecule has 4 atom stereocenters. The van der Waals surface area contributed by atoms with Crippen molar-refractivity contribution in [2.45, 2.75) is 57.8 Å². The Labute approximate surface area is 270 Å². The van der Waals surface area contributed by atoms with Gasteiger partial charge in [-0.25, -0.2) is 4.39 Å². The fraction of sp³-hybridized carbons (Fsp3) is 0.514. The van der Waals surface area contributed by atoms with E-state index in [-0.39, 0.29) is 25.3 Å². The number of fused-ring (bicyclic) bond motifs is 1. The minimum atomic E-state index is -0.174. The second-order valence-electron chi connectivity index (χ2n) is 12.2. The van der Waals surface area contributed by atoms with Crippen molar-refractivity contribution < 1.29 is 20.0 Å². The maximum Gasteiger partial charge on any atom is 0.142 e. The summed E-state index contributed by atoms with van der Waals surface area (Å²) in [4.78, 5) is 4.68. The third-order valence-electron chi connectivity index (χ3n) is 9.16. The maximum atomic E-state index is 13.7. The van der Waals surface area contributed by atoms with Gasteiger partial charge in [-0.2, -0.15) is 0 Å². The van der Waals surface area contributed by atoms with Crippen molar-refractivity contribution in [1.29, 1.82) is 0 Å². The number of methoxy groups -OCH3 is 1. The standard InChI is InChI=1S/C35H45FN4O3.C2H6.H2/c1-41-16-3-13-39-15-17-42-33-11-8-27(19-32(33)39)24-43-34-22-38-21-31(37)35(34)28-9-6-25(7-10-28)18-26-12-14-40(23-26)30-5-2-4-29(36)20-30;1-2;/h2,4-11,19-20,26,31,34-35,38H,3,12-18,21-24,37H2,1H3;1-2H3;1H/t26?,31-,34+,35?;;/m1../s1. The van der Waals surface area contributed by atoms with Gasteiger partial charge >= 0.3 is 0 Å². The third-order valence-corrected chi connectivity index (χ3v) is 9.16. The lowest BCUT2D eigenvalue weighted by atomic mass is 9.83. The largest absolute Gasteiger partial charge is 0.490 e. The molecule has 6 rings (SSSR count). The molecule has 3 aromatic rings. The Kier molecular flexibility index (Phi) is 12.1. The van der Waals surface area contributed by atoms with E-state index in [1.54, 1.807) is 19.2 Å². The molecule has 0 spiro atoms. The fourth-order valence-electron chi connectivity index (χ4n) is 6.91. The van der Waals surface area contributed by atoms with Gasteiger partial charge in [-0.3, -0.25) is 0 Å². The number of piperidine rings is 1. The summed E-state index contributed by atoms with van der Waals surface area (Å²) in [5.41, 5.74) is 12.5. The Bertz CT molecular complexity index is 1350. The number of rotatable bonds is 11. The molecule has 45 heavy (non-hydrogen) atoms. The highest BCUT2D eigenvalue weighted by atomic mass is 19.1. The van der Waals surface area contributed by atoms with Crippen LogP contribution in [0.3, 0.4) is 0 Å². The molecular formula is C37H53FN4O3. The van der Waals surface area contributed by atoms with Crippen LogP contribution in [0.1, 0.15) is 50.7 Å². The fourth-order valence-corrected chi connectivity index (χ4v) is 6.91. The average Bonchev–Trinajstić information content (AvgIpc) is 3.54. The second kappa shape index (κ2) is 16.4. The van der Waals surface area contributed by atoms with Gasteiger partial charge in [0.25, 0.3) is 0 Å². The number of hydrogen-bond donors (Lipinski definition) is 2. The molecule has 7 nitrogen and oxygen atoms in total. The first-order valence-corrected chi connectivity index (χ1v) is 16.7. The topological polar surface area (TPSA) is 72.2 Å². The first-order chi connectivity index (χ1) is 22.1. The molecule has 0 radical (unpaired) electrons. The first kappa shape index (κ1) is 33.2. The molecular weight excluding hydrogens is 567 g/mol. The Morgan fingerprint density at radius 1 is 1.02 bits per heavy atom. The van der Waals surface area contributed by atoms with Gasteiger partial charge in [0.2, 0.25) is 0 Å². The predicted octanol–water partition coefficient (Wildman–Crippen LogP) is 6.00. The number of hydrogen-bond acceptors (Lipinski definition) is 7. The predicted molar refractivity (Wildman–Crippen MR) is 183 cm³/mol. The number of benzene rings is 3. The molecule has 2 saturated heterocycles. The van der Waals surface area contributed by atoms with E-state index in [0.29, 0.717) is 19.1 Å². The molecule has 0 bridgehead atoms. The summed E-state index contributed by atoms with van der Waals surface area (Å²) in [6.45, 7) is 11.3. The summed E-state index contributed by atoms with van der Waals surface area (Å²) in [7, 11) is 1.75. The maximum absolute atomic E-state index is 13.7. The van der Waals surface area contributed by atoms with Gasteiger partial charge in [-0.15, -0.1) is 0 Å². The Morgan fingerprint density at radius 2 is 1.84 bits per heavy atom. The molecule has 246 valence electrons. The van der Waals surface area contributed by atoms with Crippen LogP contribution in [0.15, 0.2) is 66.7 Å². The molecule has 2 fully saturated rings. The molecule has 3 aromatic carbocycles. The van der Waals surface area contributed by atoms with Crippen molar-refractivity contribution in [3.05, 3.63) is 89.2 Å². The molecule has 3 heterocycles. The lowest BCUT2D eigenvalue weighted by molar-refractivity contribution is 0.00531. The number of halogens is 1. The van der Waals surface area contributed by atoms with Crippen LogP contribution in [0.25, 0.3) is 0 Å². The van der Waals surface area contributed by atoms with Gasteiger partial charge in [-0.1, -0.05) is 50.2 Å².